The van der Waals surface area contributed by atoms with Crippen molar-refractivity contribution in [1.29, 1.82) is 5.26 Å². The Balaban J connectivity index is 2.61. The molecule has 1 rings (SSSR count). The van der Waals surface area contributed by atoms with Gasteiger partial charge < -0.3 is 9.47 Å². The summed E-state index contributed by atoms with van der Waals surface area (Å²) in [4.78, 5) is 11.7. The molecule has 1 aromatic rings. The number of carbonyl (C=O) groups is 1. The topological polar surface area (TPSA) is 59.3 Å². The number of nitriles is 1. The predicted octanol–water partition coefficient (Wildman–Crippen LogP) is 3.10. The molecule has 1 unspecified atom stereocenters. The van der Waals surface area contributed by atoms with Gasteiger partial charge in [-0.3, -0.25) is 0 Å². The molecule has 1 aromatic carbocycles. The van der Waals surface area contributed by atoms with Gasteiger partial charge in [0.25, 0.3) is 0 Å². The van der Waals surface area contributed by atoms with Gasteiger partial charge in [-0.1, -0.05) is 17.7 Å². The molecule has 0 aliphatic rings. The van der Waals surface area contributed by atoms with Crippen LogP contribution >= 0.6 is 11.6 Å². The number of hydrogen-bond acceptors (Lipinski definition) is 4. The SMILES string of the molecule is C=CCCOC(C)C(=O)Oc1ccc(C#N)cc1Cl. The Morgan fingerprint density at radius 1 is 1.63 bits per heavy atom. The smallest absolute Gasteiger partial charge is 0.340 e. The molecule has 0 spiro atoms. The number of carbonyl (C=O) groups excluding carboxylic acids is 1. The van der Waals surface area contributed by atoms with Gasteiger partial charge in [0.15, 0.2) is 6.10 Å². The third-order valence-corrected chi connectivity index (χ3v) is 2.59. The number of benzene rings is 1. The standard InChI is InChI=1S/C14H14ClNO3/c1-3-4-7-18-10(2)14(17)19-13-6-5-11(9-16)8-12(13)15/h3,5-6,8,10H,1,4,7H2,2H3. The van der Waals surface area contributed by atoms with E-state index in [1.54, 1.807) is 13.0 Å². The van der Waals surface area contributed by atoms with Crippen molar-refractivity contribution in [2.24, 2.45) is 0 Å². The predicted molar refractivity (Wildman–Crippen MR) is 72.0 cm³/mol. The number of rotatable bonds is 6. The van der Waals surface area contributed by atoms with Gasteiger partial charge in [-0.25, -0.2) is 4.79 Å². The number of esters is 1. The van der Waals surface area contributed by atoms with Crippen LogP contribution in [0.2, 0.25) is 5.02 Å². The van der Waals surface area contributed by atoms with Crippen molar-refractivity contribution < 1.29 is 14.3 Å². The molecular weight excluding hydrogens is 266 g/mol. The lowest BCUT2D eigenvalue weighted by atomic mass is 10.2. The Morgan fingerprint density at radius 3 is 2.95 bits per heavy atom. The molecule has 19 heavy (non-hydrogen) atoms. The Kier molecular flexibility index (Phi) is 6.07. The van der Waals surface area contributed by atoms with Gasteiger partial charge in [-0.2, -0.15) is 5.26 Å². The normalized spacial score (nSPS) is 11.4. The summed E-state index contributed by atoms with van der Waals surface area (Å²) in [5.74, 6) is -0.319. The van der Waals surface area contributed by atoms with Crippen LogP contribution in [-0.4, -0.2) is 18.7 Å². The molecule has 100 valence electrons. The van der Waals surface area contributed by atoms with E-state index in [4.69, 9.17) is 26.3 Å². The van der Waals surface area contributed by atoms with Crippen LogP contribution in [-0.2, 0) is 9.53 Å². The summed E-state index contributed by atoms with van der Waals surface area (Å²) in [6.07, 6.45) is 1.68. The molecule has 0 fully saturated rings. The average molecular weight is 280 g/mol. The first-order valence-corrected chi connectivity index (χ1v) is 6.10. The first-order valence-electron chi connectivity index (χ1n) is 5.72. The number of halogens is 1. The van der Waals surface area contributed by atoms with Gasteiger partial charge in [0.2, 0.25) is 0 Å². The van der Waals surface area contributed by atoms with Gasteiger partial charge >= 0.3 is 5.97 Å². The zero-order chi connectivity index (χ0) is 14.3. The molecule has 0 saturated carbocycles. The molecule has 4 nitrogen and oxygen atoms in total. The van der Waals surface area contributed by atoms with E-state index in [2.05, 4.69) is 6.58 Å². The van der Waals surface area contributed by atoms with Crippen LogP contribution in [0.1, 0.15) is 18.9 Å². The fourth-order valence-electron chi connectivity index (χ4n) is 1.24. The number of ether oxygens (including phenoxy) is 2. The van der Waals surface area contributed by atoms with E-state index in [1.165, 1.54) is 18.2 Å². The summed E-state index contributed by atoms with van der Waals surface area (Å²) >= 11 is 5.90. The van der Waals surface area contributed by atoms with Crippen LogP contribution < -0.4 is 4.74 Å². The highest BCUT2D eigenvalue weighted by molar-refractivity contribution is 6.32. The van der Waals surface area contributed by atoms with Gasteiger partial charge in [0.1, 0.15) is 5.75 Å². The summed E-state index contributed by atoms with van der Waals surface area (Å²) in [7, 11) is 0. The van der Waals surface area contributed by atoms with E-state index in [9.17, 15) is 4.79 Å². The highest BCUT2D eigenvalue weighted by Crippen LogP contribution is 2.25. The van der Waals surface area contributed by atoms with Crippen molar-refractivity contribution >= 4 is 17.6 Å². The van der Waals surface area contributed by atoms with Gasteiger partial charge in [0.05, 0.1) is 23.3 Å². The Morgan fingerprint density at radius 2 is 2.37 bits per heavy atom. The van der Waals surface area contributed by atoms with Crippen molar-refractivity contribution in [3.05, 3.63) is 41.4 Å². The lowest BCUT2D eigenvalue weighted by molar-refractivity contribution is -0.146. The molecule has 0 aromatic heterocycles. The summed E-state index contributed by atoms with van der Waals surface area (Å²) in [5, 5.41) is 8.91. The summed E-state index contributed by atoms with van der Waals surface area (Å²) in [6.45, 7) is 5.56. The van der Waals surface area contributed by atoms with Crippen LogP contribution in [0.5, 0.6) is 5.75 Å². The Bertz CT molecular complexity index is 508. The second kappa shape index (κ2) is 7.57. The van der Waals surface area contributed by atoms with E-state index < -0.39 is 12.1 Å². The minimum atomic E-state index is -0.688. The lowest BCUT2D eigenvalue weighted by Gasteiger charge is -2.12. The highest BCUT2D eigenvalue weighted by atomic mass is 35.5. The van der Waals surface area contributed by atoms with Gasteiger partial charge in [-0.15, -0.1) is 6.58 Å². The molecule has 0 amide bonds. The molecule has 0 N–H and O–H groups in total. The molecule has 0 heterocycles. The highest BCUT2D eigenvalue weighted by Gasteiger charge is 2.17. The first-order chi connectivity index (χ1) is 9.08. The largest absolute Gasteiger partial charge is 0.423 e. The first kappa shape index (κ1) is 15.2. The maximum Gasteiger partial charge on any atom is 0.340 e. The second-order valence-electron chi connectivity index (χ2n) is 3.77. The number of nitrogens with zero attached hydrogens (tertiary/aromatic N) is 1. The summed E-state index contributed by atoms with van der Waals surface area (Å²) in [5.41, 5.74) is 0.403. The van der Waals surface area contributed by atoms with Crippen LogP contribution in [0, 0.1) is 11.3 Å². The van der Waals surface area contributed by atoms with E-state index in [1.807, 2.05) is 6.07 Å². The third kappa shape index (κ3) is 4.74. The van der Waals surface area contributed by atoms with Crippen LogP contribution in [0.4, 0.5) is 0 Å². The Labute approximate surface area is 117 Å². The fraction of sp³-hybridized carbons (Fsp3) is 0.286. The zero-order valence-corrected chi connectivity index (χ0v) is 11.3. The van der Waals surface area contributed by atoms with Crippen LogP contribution in [0.3, 0.4) is 0 Å². The van der Waals surface area contributed by atoms with E-state index in [-0.39, 0.29) is 10.8 Å². The summed E-state index contributed by atoms with van der Waals surface area (Å²) < 4.78 is 10.4. The molecule has 0 aliphatic heterocycles. The average Bonchev–Trinajstić information content (AvgIpc) is 2.41. The molecule has 0 bridgehead atoms. The van der Waals surface area contributed by atoms with Crippen molar-refractivity contribution in [2.45, 2.75) is 19.4 Å². The molecule has 0 radical (unpaired) electrons. The van der Waals surface area contributed by atoms with Crippen molar-refractivity contribution in [1.82, 2.24) is 0 Å². The molecule has 5 heteroatoms. The molecular formula is C14H14ClNO3. The second-order valence-corrected chi connectivity index (χ2v) is 4.18. The zero-order valence-electron chi connectivity index (χ0n) is 10.6. The van der Waals surface area contributed by atoms with Gasteiger partial charge in [0, 0.05) is 0 Å². The Hall–Kier alpha value is -1.83. The van der Waals surface area contributed by atoms with Crippen LogP contribution in [0.25, 0.3) is 0 Å². The maximum atomic E-state index is 11.7. The molecule has 0 saturated heterocycles. The minimum Gasteiger partial charge on any atom is -0.423 e. The van der Waals surface area contributed by atoms with Crippen LogP contribution in [0.15, 0.2) is 30.9 Å². The minimum absolute atomic E-state index is 0.213. The number of hydrogen-bond donors (Lipinski definition) is 0. The monoisotopic (exact) mass is 279 g/mol. The van der Waals surface area contributed by atoms with E-state index in [0.717, 1.165) is 0 Å². The summed E-state index contributed by atoms with van der Waals surface area (Å²) in [6, 6.07) is 6.39. The van der Waals surface area contributed by atoms with Crippen molar-refractivity contribution in [2.75, 3.05) is 6.61 Å². The lowest BCUT2D eigenvalue weighted by Crippen LogP contribution is -2.26. The van der Waals surface area contributed by atoms with E-state index >= 15 is 0 Å². The van der Waals surface area contributed by atoms with Gasteiger partial charge in [-0.05, 0) is 31.5 Å². The maximum absolute atomic E-state index is 11.7. The fourth-order valence-corrected chi connectivity index (χ4v) is 1.46. The van der Waals surface area contributed by atoms with E-state index in [0.29, 0.717) is 18.6 Å². The third-order valence-electron chi connectivity index (χ3n) is 2.29. The molecule has 1 atom stereocenters. The molecule has 0 aliphatic carbocycles. The quantitative estimate of drug-likeness (QED) is 0.347. The van der Waals surface area contributed by atoms with Crippen molar-refractivity contribution in [3.8, 4) is 11.8 Å². The van der Waals surface area contributed by atoms with Crippen molar-refractivity contribution in [3.63, 3.8) is 0 Å².